The summed E-state index contributed by atoms with van der Waals surface area (Å²) in [5.41, 5.74) is 6.82. The van der Waals surface area contributed by atoms with E-state index < -0.39 is 6.04 Å². The normalized spacial score (nSPS) is 18.5. The molecule has 2 atom stereocenters. The summed E-state index contributed by atoms with van der Waals surface area (Å²) in [5.74, 6) is 0.668. The summed E-state index contributed by atoms with van der Waals surface area (Å²) in [6.45, 7) is 2.07. The van der Waals surface area contributed by atoms with Gasteiger partial charge in [0.05, 0.1) is 24.5 Å². The smallest absolute Gasteiger partial charge is 0.259 e. The molecule has 0 spiro atoms. The van der Waals surface area contributed by atoms with E-state index in [-0.39, 0.29) is 17.6 Å². The average Bonchev–Trinajstić information content (AvgIpc) is 3.12. The van der Waals surface area contributed by atoms with Crippen LogP contribution in [0.1, 0.15) is 51.8 Å². The summed E-state index contributed by atoms with van der Waals surface area (Å²) in [7, 11) is 1.63. The van der Waals surface area contributed by atoms with Gasteiger partial charge in [-0.2, -0.15) is 0 Å². The fraction of sp³-hybridized carbons (Fsp3) is 0.176. The van der Waals surface area contributed by atoms with E-state index >= 15 is 0 Å². The minimum Gasteiger partial charge on any atom is -0.497 e. The van der Waals surface area contributed by atoms with E-state index in [1.54, 1.807) is 12.0 Å². The molecule has 0 saturated heterocycles. The van der Waals surface area contributed by atoms with Crippen molar-refractivity contribution in [3.8, 4) is 5.75 Å². The van der Waals surface area contributed by atoms with E-state index in [4.69, 9.17) is 4.74 Å². The Morgan fingerprint density at radius 1 is 0.821 bits per heavy atom. The second kappa shape index (κ2) is 10.3. The largest absolute Gasteiger partial charge is 0.497 e. The number of para-hydroxylation sites is 2. The molecule has 39 heavy (non-hydrogen) atoms. The molecular weight excluding hydrogens is 484 g/mol. The minimum absolute atomic E-state index is 0.0498. The molecule has 2 aliphatic rings. The van der Waals surface area contributed by atoms with Crippen molar-refractivity contribution in [1.82, 2.24) is 0 Å². The first-order chi connectivity index (χ1) is 19.0. The Bertz CT molecular complexity index is 1560. The summed E-state index contributed by atoms with van der Waals surface area (Å²) in [6.07, 6.45) is 1.07. The first kappa shape index (κ1) is 24.7. The van der Waals surface area contributed by atoms with E-state index in [1.807, 2.05) is 78.9 Å². The van der Waals surface area contributed by atoms with Crippen LogP contribution in [0.25, 0.3) is 0 Å². The minimum atomic E-state index is -0.596. The third-order valence-corrected chi connectivity index (χ3v) is 7.71. The molecule has 6 rings (SSSR count). The number of Topliss-reactive ketones (excluding diaryl/α,β-unsaturated/α-hetero) is 1. The molecule has 0 fully saturated rings. The zero-order valence-electron chi connectivity index (χ0n) is 22.1. The van der Waals surface area contributed by atoms with Crippen molar-refractivity contribution in [3.63, 3.8) is 0 Å². The number of hydrogen-bond acceptors (Lipinski definition) is 4. The number of methoxy groups -OCH3 is 1. The van der Waals surface area contributed by atoms with Crippen LogP contribution in [0.5, 0.6) is 5.75 Å². The molecule has 4 aromatic rings. The highest BCUT2D eigenvalue weighted by Gasteiger charge is 2.41. The Labute approximate surface area is 228 Å². The summed E-state index contributed by atoms with van der Waals surface area (Å²) < 4.78 is 5.41. The van der Waals surface area contributed by atoms with Gasteiger partial charge < -0.3 is 10.1 Å². The predicted molar refractivity (Wildman–Crippen MR) is 154 cm³/mol. The molecule has 1 heterocycles. The number of ketones is 1. The topological polar surface area (TPSA) is 58.6 Å². The van der Waals surface area contributed by atoms with Gasteiger partial charge in [0.1, 0.15) is 5.75 Å². The van der Waals surface area contributed by atoms with Gasteiger partial charge in [0.25, 0.3) is 5.91 Å². The number of aryl methyl sites for hydroxylation is 1. The summed E-state index contributed by atoms with van der Waals surface area (Å²) in [4.78, 5) is 30.2. The van der Waals surface area contributed by atoms with Gasteiger partial charge in [-0.05, 0) is 66.8 Å². The maximum Gasteiger partial charge on any atom is 0.259 e. The lowest BCUT2D eigenvalue weighted by Gasteiger charge is -2.35. The molecule has 0 aromatic heterocycles. The van der Waals surface area contributed by atoms with Gasteiger partial charge in [0.15, 0.2) is 5.78 Å². The Balaban J connectivity index is 1.55. The number of hydrogen-bond donors (Lipinski definition) is 1. The Morgan fingerprint density at radius 2 is 1.49 bits per heavy atom. The molecule has 1 N–H and O–H groups in total. The summed E-state index contributed by atoms with van der Waals surface area (Å²) in [5, 5.41) is 3.60. The lowest BCUT2D eigenvalue weighted by molar-refractivity contribution is -0.116. The fourth-order valence-electron chi connectivity index (χ4n) is 5.71. The zero-order valence-corrected chi connectivity index (χ0v) is 22.1. The molecule has 1 amide bonds. The molecule has 0 saturated carbocycles. The lowest BCUT2D eigenvalue weighted by atomic mass is 9.78. The molecule has 2 unspecified atom stereocenters. The highest BCUT2D eigenvalue weighted by molar-refractivity contribution is 6.12. The van der Waals surface area contributed by atoms with E-state index in [0.29, 0.717) is 24.0 Å². The number of rotatable bonds is 4. The second-order valence-electron chi connectivity index (χ2n) is 10.2. The van der Waals surface area contributed by atoms with Crippen LogP contribution in [0.4, 0.5) is 11.4 Å². The predicted octanol–water partition coefficient (Wildman–Crippen LogP) is 7.22. The quantitative estimate of drug-likeness (QED) is 0.312. The number of allylic oxidation sites excluding steroid dienone is 1. The first-order valence-electron chi connectivity index (χ1n) is 13.2. The number of carbonyl (C=O) groups excluding carboxylic acids is 2. The van der Waals surface area contributed by atoms with Crippen molar-refractivity contribution in [2.24, 2.45) is 0 Å². The van der Waals surface area contributed by atoms with Crippen LogP contribution in [-0.4, -0.2) is 18.8 Å². The zero-order chi connectivity index (χ0) is 26.9. The van der Waals surface area contributed by atoms with Crippen molar-refractivity contribution in [2.45, 2.75) is 31.7 Å². The van der Waals surface area contributed by atoms with Gasteiger partial charge in [-0.3, -0.25) is 14.5 Å². The lowest BCUT2D eigenvalue weighted by Crippen LogP contribution is -2.38. The molecule has 5 heteroatoms. The molecule has 4 aromatic carbocycles. The van der Waals surface area contributed by atoms with Crippen molar-refractivity contribution in [2.75, 3.05) is 17.3 Å². The van der Waals surface area contributed by atoms with E-state index in [9.17, 15) is 9.59 Å². The molecule has 194 valence electrons. The Hall–Kier alpha value is -4.64. The highest BCUT2D eigenvalue weighted by atomic mass is 16.5. The van der Waals surface area contributed by atoms with Crippen molar-refractivity contribution >= 4 is 23.1 Å². The van der Waals surface area contributed by atoms with Crippen LogP contribution in [0.2, 0.25) is 0 Å². The van der Waals surface area contributed by atoms with Gasteiger partial charge in [-0.1, -0.05) is 72.3 Å². The van der Waals surface area contributed by atoms with E-state index in [1.165, 1.54) is 5.56 Å². The maximum absolute atomic E-state index is 14.3. The van der Waals surface area contributed by atoms with Crippen molar-refractivity contribution in [1.29, 1.82) is 0 Å². The van der Waals surface area contributed by atoms with Crippen molar-refractivity contribution in [3.05, 3.63) is 137 Å². The number of carbonyl (C=O) groups is 2. The number of fused-ring (bicyclic) bond motifs is 1. The van der Waals surface area contributed by atoms with Crippen LogP contribution >= 0.6 is 0 Å². The molecule has 0 bridgehead atoms. The molecular formula is C34H30N2O3. The number of benzene rings is 4. The molecule has 1 aliphatic carbocycles. The van der Waals surface area contributed by atoms with Crippen molar-refractivity contribution < 1.29 is 14.3 Å². The fourth-order valence-corrected chi connectivity index (χ4v) is 5.71. The number of nitrogens with one attached hydrogen (secondary N) is 1. The second-order valence-corrected chi connectivity index (χ2v) is 10.2. The average molecular weight is 515 g/mol. The Morgan fingerprint density at radius 3 is 2.21 bits per heavy atom. The van der Waals surface area contributed by atoms with Gasteiger partial charge in [0, 0.05) is 23.3 Å². The SMILES string of the molecule is COc1ccc(C2C3=C(CC(c4ccc(C)cc4)CC3=O)Nc3ccccc3N2C(=O)c2ccccc2)cc1. The van der Waals surface area contributed by atoms with Gasteiger partial charge in [-0.15, -0.1) is 0 Å². The summed E-state index contributed by atoms with van der Waals surface area (Å²) in [6, 6.07) is 32.6. The van der Waals surface area contributed by atoms with Crippen LogP contribution in [0, 0.1) is 6.92 Å². The van der Waals surface area contributed by atoms with Crippen LogP contribution in [0.15, 0.2) is 114 Å². The van der Waals surface area contributed by atoms with E-state index in [2.05, 4.69) is 36.5 Å². The van der Waals surface area contributed by atoms with Gasteiger partial charge in [0.2, 0.25) is 0 Å². The number of ether oxygens (including phenoxy) is 1. The number of nitrogens with zero attached hydrogens (tertiary/aromatic N) is 1. The van der Waals surface area contributed by atoms with Crippen LogP contribution < -0.4 is 15.0 Å². The summed E-state index contributed by atoms with van der Waals surface area (Å²) >= 11 is 0. The third-order valence-electron chi connectivity index (χ3n) is 7.71. The highest BCUT2D eigenvalue weighted by Crippen LogP contribution is 2.48. The maximum atomic E-state index is 14.3. The first-order valence-corrected chi connectivity index (χ1v) is 13.2. The molecule has 1 aliphatic heterocycles. The molecule has 0 radical (unpaired) electrons. The van der Waals surface area contributed by atoms with Crippen LogP contribution in [0.3, 0.4) is 0 Å². The van der Waals surface area contributed by atoms with Crippen LogP contribution in [-0.2, 0) is 4.79 Å². The standard InChI is InChI=1S/C34H30N2O3/c1-22-12-14-23(15-13-22)26-20-29-32(31(37)21-26)33(24-16-18-27(39-2)19-17-24)36(30-11-7-6-10-28(30)35-29)34(38)25-8-4-3-5-9-25/h3-19,26,33,35H,20-21H2,1-2H3. The third kappa shape index (κ3) is 4.61. The van der Waals surface area contributed by atoms with E-state index in [0.717, 1.165) is 33.9 Å². The van der Waals surface area contributed by atoms with Gasteiger partial charge in [-0.25, -0.2) is 0 Å². The monoisotopic (exact) mass is 514 g/mol. The Kier molecular flexibility index (Phi) is 6.49. The number of anilines is 2. The van der Waals surface area contributed by atoms with Gasteiger partial charge >= 0.3 is 0 Å². The molecule has 5 nitrogen and oxygen atoms in total. The number of amides is 1.